The molecule has 0 aliphatic rings. The summed E-state index contributed by atoms with van der Waals surface area (Å²) in [5, 5.41) is 17.3. The monoisotopic (exact) mass is 371 g/mol. The van der Waals surface area contributed by atoms with Crippen molar-refractivity contribution in [3.8, 4) is 17.4 Å². The summed E-state index contributed by atoms with van der Waals surface area (Å²) in [5.74, 6) is -0.498. The molecule has 9 nitrogen and oxygen atoms in total. The molecule has 0 atom stereocenters. The van der Waals surface area contributed by atoms with Gasteiger partial charge in [-0.25, -0.2) is 14.5 Å². The maximum absolute atomic E-state index is 12.4. The van der Waals surface area contributed by atoms with Gasteiger partial charge in [-0.3, -0.25) is 4.79 Å². The predicted molar refractivity (Wildman–Crippen MR) is 91.3 cm³/mol. The number of nitrogens with zero attached hydrogens (tertiary/aromatic N) is 4. The van der Waals surface area contributed by atoms with Crippen molar-refractivity contribution in [1.82, 2.24) is 14.8 Å². The Labute approximate surface area is 151 Å². The van der Waals surface area contributed by atoms with E-state index in [1.165, 1.54) is 28.6 Å². The molecule has 0 bridgehead atoms. The third-order valence-electron chi connectivity index (χ3n) is 3.25. The molecule has 0 unspecified atom stereocenters. The molecule has 0 saturated carbocycles. The highest BCUT2D eigenvalue weighted by Crippen LogP contribution is 2.36. The molecule has 1 N–H and O–H groups in total. The number of esters is 1. The van der Waals surface area contributed by atoms with Gasteiger partial charge < -0.3 is 14.5 Å². The molecule has 3 aromatic rings. The van der Waals surface area contributed by atoms with E-state index in [-0.39, 0.29) is 24.5 Å². The van der Waals surface area contributed by atoms with E-state index in [0.29, 0.717) is 16.3 Å². The number of aromatic nitrogens is 3. The number of hydrogen-bond donors (Lipinski definition) is 1. The van der Waals surface area contributed by atoms with E-state index in [4.69, 9.17) is 14.4 Å². The van der Waals surface area contributed by atoms with Gasteiger partial charge >= 0.3 is 5.97 Å². The normalized spacial score (nSPS) is 10.3. The van der Waals surface area contributed by atoms with Gasteiger partial charge in [-0.1, -0.05) is 0 Å². The lowest BCUT2D eigenvalue weighted by molar-refractivity contribution is -0.116. The lowest BCUT2D eigenvalue weighted by Crippen LogP contribution is -2.20. The topological polar surface area (TPSA) is 123 Å². The number of carbonyl (C=O) groups excluding carboxylic acids is 2. The Hall–Kier alpha value is -3.45. The summed E-state index contributed by atoms with van der Waals surface area (Å²) in [6, 6.07) is 5.21. The first-order valence-electron chi connectivity index (χ1n) is 7.54. The first-order chi connectivity index (χ1) is 12.6. The fraction of sp³-hybridized carbons (Fsp3) is 0.188. The number of thiophene rings is 1. The van der Waals surface area contributed by atoms with Crippen LogP contribution in [0.1, 0.15) is 23.1 Å². The molecule has 0 aliphatic heterocycles. The molecule has 10 heteroatoms. The van der Waals surface area contributed by atoms with Crippen molar-refractivity contribution in [3.63, 3.8) is 0 Å². The average molecular weight is 371 g/mol. The molecule has 0 aliphatic carbocycles. The van der Waals surface area contributed by atoms with E-state index in [9.17, 15) is 9.59 Å². The number of carbonyl (C=O) groups is 2. The molecular weight excluding hydrogens is 358 g/mol. The molecule has 0 saturated heterocycles. The Kier molecular flexibility index (Phi) is 5.09. The zero-order valence-corrected chi connectivity index (χ0v) is 14.4. The van der Waals surface area contributed by atoms with Crippen LogP contribution in [-0.4, -0.2) is 33.2 Å². The standard InChI is InChI=1S/C16H13N5O4S/c1-2-24-16(23)14-10(11-4-3-5-25-11)8-26-15(14)19-13(22)7-21-9-18-12(6-17)20-21/h3-5,8-9H,2,7H2,1H3,(H,19,22). The Morgan fingerprint density at radius 1 is 1.50 bits per heavy atom. The highest BCUT2D eigenvalue weighted by molar-refractivity contribution is 7.15. The zero-order chi connectivity index (χ0) is 18.5. The number of nitrogens with one attached hydrogen (secondary N) is 1. The number of nitriles is 1. The first kappa shape index (κ1) is 17.4. The summed E-state index contributed by atoms with van der Waals surface area (Å²) >= 11 is 1.19. The molecular formula is C16H13N5O4S. The summed E-state index contributed by atoms with van der Waals surface area (Å²) in [6.45, 7) is 1.76. The summed E-state index contributed by atoms with van der Waals surface area (Å²) in [7, 11) is 0. The minimum Gasteiger partial charge on any atom is -0.464 e. The van der Waals surface area contributed by atoms with Crippen LogP contribution in [-0.2, 0) is 16.1 Å². The van der Waals surface area contributed by atoms with Gasteiger partial charge in [-0.15, -0.1) is 16.4 Å². The number of ether oxygens (including phenoxy) is 1. The molecule has 1 amide bonds. The minimum absolute atomic E-state index is 0.0266. The zero-order valence-electron chi connectivity index (χ0n) is 13.6. The number of furan rings is 1. The molecule has 3 rings (SSSR count). The molecule has 3 aromatic heterocycles. The predicted octanol–water partition coefficient (Wildman–Crippen LogP) is 2.29. The maximum atomic E-state index is 12.4. The molecule has 3 heterocycles. The van der Waals surface area contributed by atoms with E-state index in [2.05, 4.69) is 15.4 Å². The van der Waals surface area contributed by atoms with Crippen LogP contribution in [0.2, 0.25) is 0 Å². The fourth-order valence-corrected chi connectivity index (χ4v) is 3.16. The van der Waals surface area contributed by atoms with E-state index in [1.807, 2.05) is 0 Å². The Bertz CT molecular complexity index is 967. The number of rotatable bonds is 6. The number of anilines is 1. The smallest absolute Gasteiger partial charge is 0.341 e. The van der Waals surface area contributed by atoms with Crippen LogP contribution in [0.5, 0.6) is 0 Å². The van der Waals surface area contributed by atoms with E-state index in [0.717, 1.165) is 0 Å². The Balaban J connectivity index is 1.83. The minimum atomic E-state index is -0.553. The van der Waals surface area contributed by atoms with Crippen molar-refractivity contribution < 1.29 is 18.7 Å². The lowest BCUT2D eigenvalue weighted by Gasteiger charge is -2.07. The van der Waals surface area contributed by atoms with Crippen molar-refractivity contribution in [1.29, 1.82) is 5.26 Å². The van der Waals surface area contributed by atoms with Crippen LogP contribution in [0.3, 0.4) is 0 Å². The first-order valence-corrected chi connectivity index (χ1v) is 8.42. The van der Waals surface area contributed by atoms with Gasteiger partial charge in [0.1, 0.15) is 35.3 Å². The van der Waals surface area contributed by atoms with E-state index < -0.39 is 11.9 Å². The van der Waals surface area contributed by atoms with E-state index in [1.54, 1.807) is 30.5 Å². The van der Waals surface area contributed by atoms with Crippen LogP contribution in [0.4, 0.5) is 5.00 Å². The van der Waals surface area contributed by atoms with Gasteiger partial charge in [0.25, 0.3) is 5.82 Å². The van der Waals surface area contributed by atoms with Crippen molar-refractivity contribution in [2.24, 2.45) is 0 Å². The van der Waals surface area contributed by atoms with Gasteiger partial charge in [0.05, 0.1) is 12.9 Å². The van der Waals surface area contributed by atoms with Gasteiger partial charge in [-0.05, 0) is 19.1 Å². The van der Waals surface area contributed by atoms with Crippen LogP contribution >= 0.6 is 11.3 Å². The highest BCUT2D eigenvalue weighted by atomic mass is 32.1. The summed E-state index contributed by atoms with van der Waals surface area (Å²) < 4.78 is 11.7. The number of amides is 1. The van der Waals surface area contributed by atoms with Crippen LogP contribution < -0.4 is 5.32 Å². The molecule has 0 radical (unpaired) electrons. The molecule has 0 fully saturated rings. The highest BCUT2D eigenvalue weighted by Gasteiger charge is 2.24. The second kappa shape index (κ2) is 7.62. The Morgan fingerprint density at radius 2 is 2.35 bits per heavy atom. The van der Waals surface area contributed by atoms with Crippen molar-refractivity contribution in [3.05, 3.63) is 41.5 Å². The Morgan fingerprint density at radius 3 is 3.00 bits per heavy atom. The van der Waals surface area contributed by atoms with Crippen molar-refractivity contribution >= 4 is 28.2 Å². The quantitative estimate of drug-likeness (QED) is 0.659. The van der Waals surface area contributed by atoms with Gasteiger partial charge in [0.15, 0.2) is 0 Å². The molecule has 0 aromatic carbocycles. The van der Waals surface area contributed by atoms with Crippen LogP contribution in [0.25, 0.3) is 11.3 Å². The number of hydrogen-bond acceptors (Lipinski definition) is 8. The maximum Gasteiger partial charge on any atom is 0.341 e. The molecule has 0 spiro atoms. The third kappa shape index (κ3) is 3.62. The van der Waals surface area contributed by atoms with Gasteiger partial charge in [0, 0.05) is 10.9 Å². The largest absolute Gasteiger partial charge is 0.464 e. The van der Waals surface area contributed by atoms with Crippen molar-refractivity contribution in [2.75, 3.05) is 11.9 Å². The van der Waals surface area contributed by atoms with E-state index >= 15 is 0 Å². The SMILES string of the molecule is CCOC(=O)c1c(-c2ccco2)csc1NC(=O)Cn1cnc(C#N)n1. The summed E-state index contributed by atoms with van der Waals surface area (Å²) in [6.07, 6.45) is 2.78. The summed E-state index contributed by atoms with van der Waals surface area (Å²) in [5.41, 5.74) is 0.776. The summed E-state index contributed by atoms with van der Waals surface area (Å²) in [4.78, 5) is 28.3. The van der Waals surface area contributed by atoms with Crippen LogP contribution in [0, 0.1) is 11.3 Å². The van der Waals surface area contributed by atoms with Crippen molar-refractivity contribution in [2.45, 2.75) is 13.5 Å². The molecule has 26 heavy (non-hydrogen) atoms. The van der Waals surface area contributed by atoms with Gasteiger partial charge in [-0.2, -0.15) is 5.26 Å². The average Bonchev–Trinajstić information content (AvgIpc) is 3.35. The van der Waals surface area contributed by atoms with Crippen LogP contribution in [0.15, 0.2) is 34.5 Å². The lowest BCUT2D eigenvalue weighted by atomic mass is 10.1. The fourth-order valence-electron chi connectivity index (χ4n) is 2.20. The second-order valence-corrected chi connectivity index (χ2v) is 5.86. The molecule has 132 valence electrons. The van der Waals surface area contributed by atoms with Gasteiger partial charge in [0.2, 0.25) is 5.91 Å². The third-order valence-corrected chi connectivity index (χ3v) is 4.15. The second-order valence-electron chi connectivity index (χ2n) is 4.98.